The molecular weight excluding hydrogens is 178 g/mol. The number of nitrogen functional groups attached to an aromatic ring is 1. The van der Waals surface area contributed by atoms with Crippen LogP contribution in [0.2, 0.25) is 0 Å². The van der Waals surface area contributed by atoms with Crippen LogP contribution in [-0.2, 0) is 0 Å². The lowest BCUT2D eigenvalue weighted by molar-refractivity contribution is 0.535. The second-order valence-corrected chi connectivity index (χ2v) is 2.54. The molecule has 0 amide bonds. The molecule has 0 bridgehead atoms. The molecule has 5 heteroatoms. The van der Waals surface area contributed by atoms with Gasteiger partial charge in [0.15, 0.2) is 0 Å². The monoisotopic (exact) mass is 189 g/mol. The van der Waals surface area contributed by atoms with E-state index in [0.29, 0.717) is 0 Å². The molecule has 13 heavy (non-hydrogen) atoms. The fraction of sp³-hybridized carbons (Fsp3) is 0.250. The van der Waals surface area contributed by atoms with Gasteiger partial charge in [-0.15, -0.1) is 0 Å². The molecule has 1 aromatic rings. The molecule has 1 rings (SSSR count). The topological polar surface area (TPSA) is 26.0 Å². The first-order valence-corrected chi connectivity index (χ1v) is 3.69. The van der Waals surface area contributed by atoms with Crippen LogP contribution in [0.15, 0.2) is 18.2 Å². The largest absolute Gasteiger partial charge is 0.762 e. The lowest BCUT2D eigenvalue weighted by atomic mass is 10.1. The second-order valence-electron chi connectivity index (χ2n) is 2.54. The van der Waals surface area contributed by atoms with Crippen molar-refractivity contribution in [3.05, 3.63) is 29.3 Å². The fourth-order valence-electron chi connectivity index (χ4n) is 0.774. The van der Waals surface area contributed by atoms with E-state index in [2.05, 4.69) is 13.0 Å². The Hall–Kier alpha value is -1.13. The smallest absolute Gasteiger partial charge is 0.399 e. The summed E-state index contributed by atoms with van der Waals surface area (Å²) >= 11 is 0. The molecule has 1 aromatic carbocycles. The molecule has 0 aliphatic carbocycles. The van der Waals surface area contributed by atoms with Crippen molar-refractivity contribution in [3.8, 4) is 0 Å². The number of benzene rings is 1. The van der Waals surface area contributed by atoms with Crippen molar-refractivity contribution in [3.63, 3.8) is 0 Å². The van der Waals surface area contributed by atoms with Crippen LogP contribution < -0.4 is 5.73 Å². The van der Waals surface area contributed by atoms with Gasteiger partial charge in [0.05, 0.1) is 0 Å². The van der Waals surface area contributed by atoms with E-state index >= 15 is 0 Å². The van der Waals surface area contributed by atoms with Crippen molar-refractivity contribution in [1.29, 1.82) is 0 Å². The highest BCUT2D eigenvalue weighted by Gasteiger charge is 2.06. The van der Waals surface area contributed by atoms with Gasteiger partial charge < -0.3 is 5.73 Å². The number of halogens is 3. The Kier molecular flexibility index (Phi) is 5.03. The number of rotatable bonds is 0. The highest BCUT2D eigenvalue weighted by Crippen LogP contribution is 2.13. The van der Waals surface area contributed by atoms with Gasteiger partial charge >= 0.3 is 7.54 Å². The number of nitrogens with two attached hydrogens (primary N) is 1. The SMILES string of the molecule is Cc1cccc(N)c1C.FB(F)F. The van der Waals surface area contributed by atoms with Crippen LogP contribution >= 0.6 is 0 Å². The molecule has 0 radical (unpaired) electrons. The van der Waals surface area contributed by atoms with Crippen LogP contribution in [0, 0.1) is 13.8 Å². The maximum Gasteiger partial charge on any atom is 0.762 e. The maximum atomic E-state index is 9.67. The Morgan fingerprint density at radius 1 is 1.15 bits per heavy atom. The third kappa shape index (κ3) is 5.17. The highest BCUT2D eigenvalue weighted by molar-refractivity contribution is 6.33. The Balaban J connectivity index is 0.000000310. The van der Waals surface area contributed by atoms with Gasteiger partial charge in [-0.2, -0.15) is 0 Å². The minimum atomic E-state index is -3.67. The third-order valence-corrected chi connectivity index (χ3v) is 1.65. The zero-order valence-electron chi connectivity index (χ0n) is 7.52. The van der Waals surface area contributed by atoms with E-state index in [1.54, 1.807) is 0 Å². The zero-order valence-corrected chi connectivity index (χ0v) is 7.52. The van der Waals surface area contributed by atoms with Crippen molar-refractivity contribution in [2.24, 2.45) is 0 Å². The van der Waals surface area contributed by atoms with Crippen molar-refractivity contribution >= 4 is 13.2 Å². The van der Waals surface area contributed by atoms with E-state index in [9.17, 15) is 12.9 Å². The number of aryl methyl sites for hydroxylation is 1. The molecule has 0 heterocycles. The molecule has 0 saturated heterocycles. The van der Waals surface area contributed by atoms with Gasteiger partial charge in [-0.3, -0.25) is 12.9 Å². The second kappa shape index (κ2) is 5.51. The molecule has 0 saturated carbocycles. The molecule has 72 valence electrons. The Morgan fingerprint density at radius 3 is 1.92 bits per heavy atom. The Labute approximate surface area is 76.0 Å². The normalized spacial score (nSPS) is 8.69. The predicted octanol–water partition coefficient (Wildman–Crippen LogP) is 2.77. The van der Waals surface area contributed by atoms with E-state index < -0.39 is 7.54 Å². The first-order valence-electron chi connectivity index (χ1n) is 3.69. The van der Waals surface area contributed by atoms with Crippen molar-refractivity contribution in [2.45, 2.75) is 13.8 Å². The minimum absolute atomic E-state index is 0.884. The lowest BCUT2D eigenvalue weighted by Crippen LogP contribution is -1.90. The standard InChI is InChI=1S/C8H11N.BF3/c1-6-4-3-5-8(9)7(6)2;2-1(3)4/h3-5H,9H2,1-2H3;. The fourth-order valence-corrected chi connectivity index (χ4v) is 0.774. The maximum absolute atomic E-state index is 9.67. The molecule has 0 aliphatic rings. The average Bonchev–Trinajstić information content (AvgIpc) is 1.99. The Bertz CT molecular complexity index is 243. The molecule has 2 N–H and O–H groups in total. The van der Waals surface area contributed by atoms with Gasteiger partial charge in [-0.05, 0) is 31.0 Å². The summed E-state index contributed by atoms with van der Waals surface area (Å²) in [5.41, 5.74) is 8.96. The molecule has 0 unspecified atom stereocenters. The summed E-state index contributed by atoms with van der Waals surface area (Å²) in [4.78, 5) is 0. The predicted molar refractivity (Wildman–Crippen MR) is 49.4 cm³/mol. The van der Waals surface area contributed by atoms with Crippen molar-refractivity contribution in [1.82, 2.24) is 0 Å². The molecule has 0 atom stereocenters. The molecule has 0 fully saturated rings. The summed E-state index contributed by atoms with van der Waals surface area (Å²) in [6, 6.07) is 5.95. The van der Waals surface area contributed by atoms with Crippen LogP contribution in [0.1, 0.15) is 11.1 Å². The number of hydrogen-bond donors (Lipinski definition) is 1. The molecule has 0 aliphatic heterocycles. The van der Waals surface area contributed by atoms with Crippen LogP contribution in [0.4, 0.5) is 18.6 Å². The zero-order chi connectivity index (χ0) is 10.4. The Morgan fingerprint density at radius 2 is 1.62 bits per heavy atom. The van der Waals surface area contributed by atoms with E-state index in [-0.39, 0.29) is 0 Å². The molecular formula is C8H11BF3N. The van der Waals surface area contributed by atoms with Gasteiger partial charge in [-0.1, -0.05) is 12.1 Å². The summed E-state index contributed by atoms with van der Waals surface area (Å²) in [6.45, 7) is 4.09. The van der Waals surface area contributed by atoms with Gasteiger partial charge in [-0.25, -0.2) is 0 Å². The minimum Gasteiger partial charge on any atom is -0.399 e. The summed E-state index contributed by atoms with van der Waals surface area (Å²) in [5.74, 6) is 0. The van der Waals surface area contributed by atoms with Crippen LogP contribution in [0.25, 0.3) is 0 Å². The van der Waals surface area contributed by atoms with Crippen LogP contribution in [-0.4, -0.2) is 7.54 Å². The number of anilines is 1. The van der Waals surface area contributed by atoms with Crippen molar-refractivity contribution in [2.75, 3.05) is 5.73 Å². The summed E-state index contributed by atoms with van der Waals surface area (Å²) in [5, 5.41) is 0. The van der Waals surface area contributed by atoms with Gasteiger partial charge in [0.1, 0.15) is 0 Å². The van der Waals surface area contributed by atoms with E-state index in [0.717, 1.165) is 5.69 Å². The number of hydrogen-bond acceptors (Lipinski definition) is 1. The summed E-state index contributed by atoms with van der Waals surface area (Å²) in [7, 11) is -3.67. The lowest BCUT2D eigenvalue weighted by Gasteiger charge is -2.00. The van der Waals surface area contributed by atoms with E-state index in [1.807, 2.05) is 19.1 Å². The quantitative estimate of drug-likeness (QED) is 0.492. The molecule has 0 aromatic heterocycles. The van der Waals surface area contributed by atoms with Crippen LogP contribution in [0.5, 0.6) is 0 Å². The van der Waals surface area contributed by atoms with Crippen LogP contribution in [0.3, 0.4) is 0 Å². The first-order chi connectivity index (χ1) is 5.95. The molecule has 1 nitrogen and oxygen atoms in total. The summed E-state index contributed by atoms with van der Waals surface area (Å²) < 4.78 is 29.0. The highest BCUT2D eigenvalue weighted by atomic mass is 19.4. The summed E-state index contributed by atoms with van der Waals surface area (Å²) in [6.07, 6.45) is 0. The van der Waals surface area contributed by atoms with E-state index in [4.69, 9.17) is 5.73 Å². The van der Waals surface area contributed by atoms with E-state index in [1.165, 1.54) is 11.1 Å². The average molecular weight is 189 g/mol. The first kappa shape index (κ1) is 11.9. The van der Waals surface area contributed by atoms with Crippen molar-refractivity contribution < 1.29 is 12.9 Å². The third-order valence-electron chi connectivity index (χ3n) is 1.65. The van der Waals surface area contributed by atoms with Gasteiger partial charge in [0.25, 0.3) is 0 Å². The molecule has 0 spiro atoms. The van der Waals surface area contributed by atoms with Gasteiger partial charge in [0, 0.05) is 5.69 Å². The van der Waals surface area contributed by atoms with Gasteiger partial charge in [0.2, 0.25) is 0 Å².